The van der Waals surface area contributed by atoms with Crippen LogP contribution in [0.4, 0.5) is 0 Å². The normalized spacial score (nSPS) is 12.4. The SMILES string of the molecule is CC(C)(CNC(=O)Cc1ccccc1)C(N)C(=O)c1cc(O)cc(O)c1. The van der Waals surface area contributed by atoms with Crippen LogP contribution in [0.3, 0.4) is 0 Å². The standard InChI is InChI=1S/C20H24N2O4/c1-20(2,12-22-17(25)8-13-6-4-3-5-7-13)19(21)18(26)14-9-15(23)11-16(24)10-14/h3-7,9-11,19,23-24H,8,12,21H2,1-2H3,(H,22,25). The molecule has 0 spiro atoms. The zero-order chi connectivity index (χ0) is 19.3. The first-order chi connectivity index (χ1) is 12.2. The fraction of sp³-hybridized carbons (Fsp3) is 0.300. The van der Waals surface area contributed by atoms with Crippen molar-refractivity contribution >= 4 is 11.7 Å². The molecule has 0 aromatic heterocycles. The van der Waals surface area contributed by atoms with Crippen LogP contribution in [0.15, 0.2) is 48.5 Å². The monoisotopic (exact) mass is 356 g/mol. The number of rotatable bonds is 7. The van der Waals surface area contributed by atoms with Gasteiger partial charge in [0.05, 0.1) is 12.5 Å². The van der Waals surface area contributed by atoms with Gasteiger partial charge in [-0.3, -0.25) is 9.59 Å². The maximum atomic E-state index is 12.6. The van der Waals surface area contributed by atoms with Gasteiger partial charge in [-0.05, 0) is 17.7 Å². The molecule has 0 aliphatic rings. The van der Waals surface area contributed by atoms with Crippen molar-refractivity contribution in [2.24, 2.45) is 11.1 Å². The highest BCUT2D eigenvalue weighted by Crippen LogP contribution is 2.25. The molecule has 6 nitrogen and oxygen atoms in total. The van der Waals surface area contributed by atoms with Crippen molar-refractivity contribution in [3.63, 3.8) is 0 Å². The van der Waals surface area contributed by atoms with Gasteiger partial charge in [0.15, 0.2) is 5.78 Å². The van der Waals surface area contributed by atoms with Crippen molar-refractivity contribution in [1.29, 1.82) is 0 Å². The van der Waals surface area contributed by atoms with Gasteiger partial charge in [-0.1, -0.05) is 44.2 Å². The van der Waals surface area contributed by atoms with Crippen LogP contribution >= 0.6 is 0 Å². The molecule has 2 aromatic carbocycles. The Bertz CT molecular complexity index is 767. The van der Waals surface area contributed by atoms with Crippen molar-refractivity contribution in [2.75, 3.05) is 6.54 Å². The first-order valence-corrected chi connectivity index (χ1v) is 8.32. The Morgan fingerprint density at radius 3 is 2.23 bits per heavy atom. The van der Waals surface area contributed by atoms with E-state index in [-0.39, 0.29) is 35.9 Å². The third kappa shape index (κ3) is 5.07. The second-order valence-corrected chi connectivity index (χ2v) is 7.01. The number of phenolic OH excluding ortho intramolecular Hbond substituents is 2. The highest BCUT2D eigenvalue weighted by atomic mass is 16.3. The largest absolute Gasteiger partial charge is 0.508 e. The first-order valence-electron chi connectivity index (χ1n) is 8.32. The van der Waals surface area contributed by atoms with Crippen molar-refractivity contribution in [1.82, 2.24) is 5.32 Å². The number of carbonyl (C=O) groups is 2. The lowest BCUT2D eigenvalue weighted by Gasteiger charge is -2.31. The highest BCUT2D eigenvalue weighted by molar-refractivity contribution is 6.01. The Kier molecular flexibility index (Phi) is 6.00. The van der Waals surface area contributed by atoms with Gasteiger partial charge in [-0.15, -0.1) is 0 Å². The summed E-state index contributed by atoms with van der Waals surface area (Å²) in [5.41, 5.74) is 6.41. The van der Waals surface area contributed by atoms with Crippen LogP contribution in [0, 0.1) is 5.41 Å². The first kappa shape index (κ1) is 19.5. The molecular weight excluding hydrogens is 332 g/mol. The van der Waals surface area contributed by atoms with Crippen LogP contribution in [0.2, 0.25) is 0 Å². The molecule has 2 aromatic rings. The number of amides is 1. The predicted molar refractivity (Wildman–Crippen MR) is 99.0 cm³/mol. The number of hydrogen-bond donors (Lipinski definition) is 4. The molecule has 0 bridgehead atoms. The third-order valence-electron chi connectivity index (χ3n) is 4.26. The van der Waals surface area contributed by atoms with E-state index in [1.807, 2.05) is 30.3 Å². The van der Waals surface area contributed by atoms with E-state index in [4.69, 9.17) is 5.73 Å². The Labute approximate surface area is 152 Å². The Morgan fingerprint density at radius 1 is 1.08 bits per heavy atom. The van der Waals surface area contributed by atoms with Gasteiger partial charge in [-0.25, -0.2) is 0 Å². The smallest absolute Gasteiger partial charge is 0.224 e. The summed E-state index contributed by atoms with van der Waals surface area (Å²) in [7, 11) is 0. The van der Waals surface area contributed by atoms with E-state index in [1.165, 1.54) is 12.1 Å². The van der Waals surface area contributed by atoms with Gasteiger partial charge in [0.25, 0.3) is 0 Å². The van der Waals surface area contributed by atoms with Gasteiger partial charge in [0.2, 0.25) is 5.91 Å². The molecule has 0 heterocycles. The molecule has 2 rings (SSSR count). The van der Waals surface area contributed by atoms with E-state index in [1.54, 1.807) is 13.8 Å². The minimum Gasteiger partial charge on any atom is -0.508 e. The number of ketones is 1. The zero-order valence-electron chi connectivity index (χ0n) is 14.9. The quantitative estimate of drug-likeness (QED) is 0.567. The molecule has 5 N–H and O–H groups in total. The van der Waals surface area contributed by atoms with E-state index < -0.39 is 17.2 Å². The highest BCUT2D eigenvalue weighted by Gasteiger charge is 2.33. The molecule has 6 heteroatoms. The molecule has 0 radical (unpaired) electrons. The van der Waals surface area contributed by atoms with Crippen LogP contribution in [0.1, 0.15) is 29.8 Å². The fourth-order valence-corrected chi connectivity index (χ4v) is 2.55. The Hall–Kier alpha value is -2.86. The number of benzene rings is 2. The second-order valence-electron chi connectivity index (χ2n) is 7.01. The van der Waals surface area contributed by atoms with Crippen LogP contribution < -0.4 is 11.1 Å². The molecule has 0 saturated heterocycles. The number of Topliss-reactive ketones (excluding diaryl/α,β-unsaturated/α-hetero) is 1. The number of carbonyl (C=O) groups excluding carboxylic acids is 2. The molecule has 0 aliphatic carbocycles. The number of nitrogens with two attached hydrogens (primary N) is 1. The summed E-state index contributed by atoms with van der Waals surface area (Å²) in [6.45, 7) is 3.78. The summed E-state index contributed by atoms with van der Waals surface area (Å²) in [4.78, 5) is 24.7. The minimum absolute atomic E-state index is 0.124. The van der Waals surface area contributed by atoms with Crippen molar-refractivity contribution in [3.8, 4) is 11.5 Å². The van der Waals surface area contributed by atoms with Gasteiger partial charge in [-0.2, -0.15) is 0 Å². The summed E-state index contributed by atoms with van der Waals surface area (Å²) in [5, 5.41) is 21.9. The lowest BCUT2D eigenvalue weighted by molar-refractivity contribution is -0.120. The molecule has 138 valence electrons. The molecule has 26 heavy (non-hydrogen) atoms. The van der Waals surface area contributed by atoms with Gasteiger partial charge < -0.3 is 21.3 Å². The molecule has 0 saturated carbocycles. The summed E-state index contributed by atoms with van der Waals surface area (Å²) in [6, 6.07) is 12.1. The molecular formula is C20H24N2O4. The van der Waals surface area contributed by atoms with Crippen LogP contribution in [0.25, 0.3) is 0 Å². The molecule has 0 aliphatic heterocycles. The van der Waals surface area contributed by atoms with Crippen LogP contribution in [-0.4, -0.2) is 34.5 Å². The van der Waals surface area contributed by atoms with Gasteiger partial charge in [0.1, 0.15) is 11.5 Å². The maximum Gasteiger partial charge on any atom is 0.224 e. The predicted octanol–water partition coefficient (Wildman–Crippen LogP) is 1.99. The van der Waals surface area contributed by atoms with E-state index in [9.17, 15) is 19.8 Å². The van der Waals surface area contributed by atoms with Crippen molar-refractivity contribution in [3.05, 3.63) is 59.7 Å². The third-order valence-corrected chi connectivity index (χ3v) is 4.26. The average molecular weight is 356 g/mol. The maximum absolute atomic E-state index is 12.6. The van der Waals surface area contributed by atoms with Gasteiger partial charge in [0, 0.05) is 23.6 Å². The topological polar surface area (TPSA) is 113 Å². The second kappa shape index (κ2) is 8.01. The molecule has 0 fully saturated rings. The zero-order valence-corrected chi connectivity index (χ0v) is 14.9. The molecule has 1 unspecified atom stereocenters. The summed E-state index contributed by atoms with van der Waals surface area (Å²) < 4.78 is 0. The van der Waals surface area contributed by atoms with Crippen LogP contribution in [-0.2, 0) is 11.2 Å². The van der Waals surface area contributed by atoms with E-state index in [2.05, 4.69) is 5.32 Å². The summed E-state index contributed by atoms with van der Waals surface area (Å²) >= 11 is 0. The van der Waals surface area contributed by atoms with E-state index in [0.29, 0.717) is 0 Å². The molecule has 1 amide bonds. The Balaban J connectivity index is 1.99. The van der Waals surface area contributed by atoms with Crippen molar-refractivity contribution < 1.29 is 19.8 Å². The number of hydrogen-bond acceptors (Lipinski definition) is 5. The lowest BCUT2D eigenvalue weighted by Crippen LogP contribution is -2.50. The van der Waals surface area contributed by atoms with Crippen LogP contribution in [0.5, 0.6) is 11.5 Å². The lowest BCUT2D eigenvalue weighted by atomic mass is 9.80. The summed E-state index contributed by atoms with van der Waals surface area (Å²) in [6.07, 6.45) is 0.251. The van der Waals surface area contributed by atoms with E-state index in [0.717, 1.165) is 11.6 Å². The van der Waals surface area contributed by atoms with E-state index >= 15 is 0 Å². The Morgan fingerprint density at radius 2 is 1.65 bits per heavy atom. The fourth-order valence-electron chi connectivity index (χ4n) is 2.55. The average Bonchev–Trinajstić information content (AvgIpc) is 2.59. The number of aromatic hydroxyl groups is 2. The number of nitrogens with one attached hydrogen (secondary N) is 1. The van der Waals surface area contributed by atoms with Crippen molar-refractivity contribution in [2.45, 2.75) is 26.3 Å². The number of phenols is 2. The molecule has 1 atom stereocenters. The van der Waals surface area contributed by atoms with Gasteiger partial charge >= 0.3 is 0 Å². The minimum atomic E-state index is -0.916. The summed E-state index contributed by atoms with van der Waals surface area (Å²) in [5.74, 6) is -0.999.